The van der Waals surface area contributed by atoms with Crippen LogP contribution in [-0.2, 0) is 19.1 Å². The zero-order valence-electron chi connectivity index (χ0n) is 25.1. The van der Waals surface area contributed by atoms with Gasteiger partial charge in [0.2, 0.25) is 0 Å². The average Bonchev–Trinajstić information content (AvgIpc) is 3.30. The van der Waals surface area contributed by atoms with Crippen LogP contribution in [0, 0.1) is 34.5 Å². The third kappa shape index (κ3) is 6.25. The van der Waals surface area contributed by atoms with Crippen LogP contribution in [0.5, 0.6) is 0 Å². The molecular formula is C32H50N2O4. The third-order valence-corrected chi connectivity index (χ3v) is 9.26. The molecule has 2 fully saturated rings. The van der Waals surface area contributed by atoms with Gasteiger partial charge >= 0.3 is 11.9 Å². The predicted octanol–water partition coefficient (Wildman–Crippen LogP) is 7.63. The van der Waals surface area contributed by atoms with Crippen LogP contribution in [0.3, 0.4) is 0 Å². The molecule has 0 bridgehead atoms. The summed E-state index contributed by atoms with van der Waals surface area (Å²) >= 11 is 0. The highest BCUT2D eigenvalue weighted by Gasteiger charge is 2.57. The van der Waals surface area contributed by atoms with Crippen LogP contribution in [0.1, 0.15) is 107 Å². The van der Waals surface area contributed by atoms with Crippen molar-refractivity contribution in [3.05, 3.63) is 23.3 Å². The summed E-state index contributed by atoms with van der Waals surface area (Å²) in [5.74, 6) is 1.69. The summed E-state index contributed by atoms with van der Waals surface area (Å²) in [6.07, 6.45) is 12.0. The lowest BCUT2D eigenvalue weighted by atomic mass is 9.53. The molecule has 6 heteroatoms. The molecule has 0 amide bonds. The number of azo groups is 1. The summed E-state index contributed by atoms with van der Waals surface area (Å²) in [4.78, 5) is 25.8. The number of allylic oxidation sites excluding steroid dienone is 4. The molecule has 0 aromatic heterocycles. The minimum Gasteiger partial charge on any atom is -0.460 e. The molecule has 0 aromatic rings. The van der Waals surface area contributed by atoms with E-state index in [0.717, 1.165) is 38.5 Å². The molecule has 6 nitrogen and oxygen atoms in total. The first-order chi connectivity index (χ1) is 17.7. The van der Waals surface area contributed by atoms with Gasteiger partial charge in [0.15, 0.2) is 0 Å². The van der Waals surface area contributed by atoms with Gasteiger partial charge in [-0.2, -0.15) is 10.2 Å². The van der Waals surface area contributed by atoms with Gasteiger partial charge in [0.05, 0.1) is 25.9 Å². The Labute approximate surface area is 230 Å². The molecule has 6 atom stereocenters. The number of nitrogens with zero attached hydrogens (tertiary/aromatic N) is 2. The van der Waals surface area contributed by atoms with E-state index in [4.69, 9.17) is 19.7 Å². The number of hydrogen-bond acceptors (Lipinski definition) is 6. The highest BCUT2D eigenvalue weighted by Crippen LogP contribution is 2.62. The quantitative estimate of drug-likeness (QED) is 0.167. The van der Waals surface area contributed by atoms with E-state index in [9.17, 15) is 9.59 Å². The van der Waals surface area contributed by atoms with Gasteiger partial charge < -0.3 is 9.47 Å². The van der Waals surface area contributed by atoms with Crippen LogP contribution >= 0.6 is 0 Å². The van der Waals surface area contributed by atoms with Crippen LogP contribution in [-0.4, -0.2) is 36.2 Å². The maximum Gasteiger partial charge on any atom is 0.306 e. The van der Waals surface area contributed by atoms with Gasteiger partial charge in [0, 0.05) is 10.8 Å². The van der Waals surface area contributed by atoms with E-state index in [2.05, 4.69) is 26.0 Å². The Morgan fingerprint density at radius 3 is 1.45 bits per heavy atom. The minimum atomic E-state index is -0.496. The van der Waals surface area contributed by atoms with E-state index in [1.54, 1.807) is 0 Å². The standard InChI is InChI=1S/C32H50N2O4/c1-9-21-11-23-15-31(25(23)13-21,17-27(35)37-29(3,4)5)19-33-34-20-32(18-28(36)38-30(6,7)8)16-24-12-22(10-2)14-26(24)32/h13-14,23-26H,9-12,15-20H2,1-8H3/t23-,24-,25-,26-,31?,32?/m1/s1. The van der Waals surface area contributed by atoms with Gasteiger partial charge in [0.25, 0.3) is 0 Å². The zero-order chi connectivity index (χ0) is 27.9. The number of ether oxygens (including phenoxy) is 2. The fraction of sp³-hybridized carbons (Fsp3) is 0.812. The lowest BCUT2D eigenvalue weighted by molar-refractivity contribution is -0.163. The van der Waals surface area contributed by atoms with Crippen molar-refractivity contribution in [2.45, 2.75) is 118 Å². The van der Waals surface area contributed by atoms with Crippen molar-refractivity contribution in [2.75, 3.05) is 13.1 Å². The Balaban J connectivity index is 1.47. The van der Waals surface area contributed by atoms with Crippen molar-refractivity contribution in [1.29, 1.82) is 0 Å². The average molecular weight is 527 g/mol. The van der Waals surface area contributed by atoms with Gasteiger partial charge in [0.1, 0.15) is 11.2 Å². The molecule has 0 spiro atoms. The van der Waals surface area contributed by atoms with Crippen LogP contribution in [0.25, 0.3) is 0 Å². The van der Waals surface area contributed by atoms with E-state index in [-0.39, 0.29) is 22.8 Å². The lowest BCUT2D eigenvalue weighted by Crippen LogP contribution is -2.50. The van der Waals surface area contributed by atoms with Gasteiger partial charge in [-0.05, 0) is 104 Å². The zero-order valence-corrected chi connectivity index (χ0v) is 25.1. The molecule has 4 aliphatic carbocycles. The SMILES string of the molecule is CCC1=C[C@@H]2[C@H](C1)CC2(CN=NCC1(CC(=O)OC(C)(C)C)C[C@H]2CC(CC)=C[C@H]21)CC(=O)OC(C)(C)C. The third-order valence-electron chi connectivity index (χ3n) is 9.26. The van der Waals surface area contributed by atoms with E-state index in [0.29, 0.717) is 49.6 Å². The van der Waals surface area contributed by atoms with E-state index >= 15 is 0 Å². The molecule has 4 rings (SSSR count). The molecule has 4 aliphatic rings. The van der Waals surface area contributed by atoms with Crippen molar-refractivity contribution in [2.24, 2.45) is 44.7 Å². The monoisotopic (exact) mass is 526 g/mol. The molecule has 38 heavy (non-hydrogen) atoms. The first-order valence-corrected chi connectivity index (χ1v) is 14.8. The smallest absolute Gasteiger partial charge is 0.306 e. The second-order valence-corrected chi connectivity index (χ2v) is 14.6. The molecule has 0 saturated heterocycles. The van der Waals surface area contributed by atoms with Crippen LogP contribution in [0.2, 0.25) is 0 Å². The van der Waals surface area contributed by atoms with E-state index in [1.165, 1.54) is 11.1 Å². The fourth-order valence-corrected chi connectivity index (χ4v) is 7.66. The summed E-state index contributed by atoms with van der Waals surface area (Å²) in [7, 11) is 0. The largest absolute Gasteiger partial charge is 0.460 e. The molecule has 0 radical (unpaired) electrons. The second-order valence-electron chi connectivity index (χ2n) is 14.6. The fourth-order valence-electron chi connectivity index (χ4n) is 7.66. The lowest BCUT2D eigenvalue weighted by Gasteiger charge is -2.52. The summed E-state index contributed by atoms with van der Waals surface area (Å²) in [5.41, 5.74) is 1.58. The number of fused-ring (bicyclic) bond motifs is 2. The maximum atomic E-state index is 12.9. The van der Waals surface area contributed by atoms with Crippen LogP contribution < -0.4 is 0 Å². The number of carbonyl (C=O) groups excluding carboxylic acids is 2. The highest BCUT2D eigenvalue weighted by atomic mass is 16.6. The molecular weight excluding hydrogens is 476 g/mol. The molecule has 2 unspecified atom stereocenters. The van der Waals surface area contributed by atoms with Crippen molar-refractivity contribution < 1.29 is 19.1 Å². The molecule has 212 valence electrons. The Hall–Kier alpha value is -1.98. The second kappa shape index (κ2) is 10.5. The van der Waals surface area contributed by atoms with Gasteiger partial charge in [-0.1, -0.05) is 37.1 Å². The molecule has 0 heterocycles. The Kier molecular flexibility index (Phi) is 8.05. The van der Waals surface area contributed by atoms with E-state index in [1.807, 2.05) is 41.5 Å². The number of esters is 2. The molecule has 0 aliphatic heterocycles. The summed E-state index contributed by atoms with van der Waals surface area (Å²) in [6, 6.07) is 0. The van der Waals surface area contributed by atoms with Crippen molar-refractivity contribution in [1.82, 2.24) is 0 Å². The van der Waals surface area contributed by atoms with Gasteiger partial charge in [-0.25, -0.2) is 0 Å². The Morgan fingerprint density at radius 1 is 0.763 bits per heavy atom. The Bertz CT molecular complexity index is 933. The summed E-state index contributed by atoms with van der Waals surface area (Å²) in [5, 5.41) is 9.49. The first kappa shape index (κ1) is 29.0. The highest BCUT2D eigenvalue weighted by molar-refractivity contribution is 5.72. The van der Waals surface area contributed by atoms with Gasteiger partial charge in [-0.3, -0.25) is 9.59 Å². The predicted molar refractivity (Wildman–Crippen MR) is 150 cm³/mol. The summed E-state index contributed by atoms with van der Waals surface area (Å²) < 4.78 is 11.4. The van der Waals surface area contributed by atoms with Crippen LogP contribution in [0.15, 0.2) is 33.5 Å². The number of rotatable bonds is 10. The van der Waals surface area contributed by atoms with Crippen LogP contribution in [0.4, 0.5) is 0 Å². The maximum absolute atomic E-state index is 12.9. The topological polar surface area (TPSA) is 77.3 Å². The first-order valence-electron chi connectivity index (χ1n) is 14.8. The molecule has 2 saturated carbocycles. The number of carbonyl (C=O) groups is 2. The normalized spacial score (nSPS) is 34.1. The van der Waals surface area contributed by atoms with Crippen molar-refractivity contribution in [3.63, 3.8) is 0 Å². The minimum absolute atomic E-state index is 0.143. The van der Waals surface area contributed by atoms with Crippen molar-refractivity contribution >= 4 is 11.9 Å². The van der Waals surface area contributed by atoms with Crippen molar-refractivity contribution in [3.8, 4) is 0 Å². The molecule has 0 N–H and O–H groups in total. The summed E-state index contributed by atoms with van der Waals surface area (Å²) in [6.45, 7) is 17.0. The Morgan fingerprint density at radius 2 is 1.13 bits per heavy atom. The molecule has 0 aromatic carbocycles. The van der Waals surface area contributed by atoms with E-state index < -0.39 is 11.2 Å². The van der Waals surface area contributed by atoms with Gasteiger partial charge in [-0.15, -0.1) is 0 Å². The number of hydrogen-bond donors (Lipinski definition) is 0.